The monoisotopic (exact) mass is 448 g/mol. The fourth-order valence-electron chi connectivity index (χ4n) is 4.32. The molecule has 160 valence electrons. The zero-order chi connectivity index (χ0) is 21.8. The number of fused-ring (bicyclic) bond motifs is 6. The number of hydrogen-bond donors (Lipinski definition) is 2. The molecule has 1 saturated heterocycles. The quantitative estimate of drug-likeness (QED) is 0.405. The van der Waals surface area contributed by atoms with E-state index < -0.39 is 5.82 Å². The highest BCUT2D eigenvalue weighted by Gasteiger charge is 2.25. The van der Waals surface area contributed by atoms with Crippen LogP contribution >= 0.6 is 11.3 Å². The van der Waals surface area contributed by atoms with Crippen LogP contribution in [-0.4, -0.2) is 57.2 Å². The molecule has 32 heavy (non-hydrogen) atoms. The predicted molar refractivity (Wildman–Crippen MR) is 122 cm³/mol. The Labute approximate surface area is 184 Å². The first-order chi connectivity index (χ1) is 15.6. The number of hydrogen-bond acceptors (Lipinski definition) is 6. The molecule has 1 aliphatic rings. The maximum atomic E-state index is 14.0. The van der Waals surface area contributed by atoms with E-state index in [9.17, 15) is 14.0 Å². The van der Waals surface area contributed by atoms with Gasteiger partial charge < -0.3 is 14.8 Å². The number of carbonyl (C=O) groups excluding carboxylic acids is 1. The normalized spacial score (nSPS) is 14.7. The van der Waals surface area contributed by atoms with E-state index in [1.54, 1.807) is 29.4 Å². The molecule has 1 aliphatic heterocycles. The molecule has 0 saturated carbocycles. The van der Waals surface area contributed by atoms with Crippen molar-refractivity contribution in [2.75, 3.05) is 31.1 Å². The smallest absolute Gasteiger partial charge is 0.271 e. The van der Waals surface area contributed by atoms with Gasteiger partial charge >= 0.3 is 0 Å². The first kappa shape index (κ1) is 18.9. The third kappa shape index (κ3) is 2.87. The maximum absolute atomic E-state index is 14.0. The number of H-pyrrole nitrogens is 2. The predicted octanol–water partition coefficient (Wildman–Crippen LogP) is 3.12. The molecule has 5 aromatic rings. The molecule has 0 bridgehead atoms. The van der Waals surface area contributed by atoms with Crippen molar-refractivity contribution in [3.8, 4) is 0 Å². The molecule has 2 aromatic carbocycles. The van der Waals surface area contributed by atoms with E-state index in [0.29, 0.717) is 42.6 Å². The van der Waals surface area contributed by atoms with Gasteiger partial charge in [0, 0.05) is 54.7 Å². The van der Waals surface area contributed by atoms with Crippen molar-refractivity contribution >= 4 is 54.1 Å². The second kappa shape index (κ2) is 7.13. The minimum atomic E-state index is -0.394. The number of amides is 1. The zero-order valence-corrected chi connectivity index (χ0v) is 17.6. The number of carbonyl (C=O) groups is 1. The number of benzene rings is 2. The molecule has 1 amide bonds. The lowest BCUT2D eigenvalue weighted by molar-refractivity contribution is 0.0741. The van der Waals surface area contributed by atoms with Crippen molar-refractivity contribution < 1.29 is 9.18 Å². The Morgan fingerprint density at radius 1 is 1.06 bits per heavy atom. The van der Waals surface area contributed by atoms with Gasteiger partial charge in [0.2, 0.25) is 0 Å². The van der Waals surface area contributed by atoms with Crippen molar-refractivity contribution in [3.05, 3.63) is 64.6 Å². The molecule has 2 N–H and O–H groups in total. The lowest BCUT2D eigenvalue weighted by Gasteiger charge is -2.34. The molecule has 0 radical (unpaired) electrons. The number of anilines is 1. The summed E-state index contributed by atoms with van der Waals surface area (Å²) in [6.45, 7) is 2.43. The number of rotatable bonds is 2. The van der Waals surface area contributed by atoms with Gasteiger partial charge in [-0.25, -0.2) is 9.37 Å². The molecule has 0 unspecified atom stereocenters. The van der Waals surface area contributed by atoms with Crippen molar-refractivity contribution in [1.82, 2.24) is 25.1 Å². The van der Waals surface area contributed by atoms with Crippen molar-refractivity contribution in [2.24, 2.45) is 0 Å². The summed E-state index contributed by atoms with van der Waals surface area (Å²) in [6.07, 6.45) is 3.17. The standard InChI is InChI=1S/C22H17FN6O2S/c23-12-1-2-13-15(11-12)17-14(3-5-24-20(17)30)19-18(13)26-22(32-19)29-9-7-28(8-10-29)21(31)16-4-6-25-27-16/h1-6,11H,7-10H2,(H,24,30)(H,25,27). The van der Waals surface area contributed by atoms with Crippen LogP contribution in [0.4, 0.5) is 9.52 Å². The molecule has 0 atom stereocenters. The second-order valence-corrected chi connectivity index (χ2v) is 8.69. The SMILES string of the molecule is O=C(c1ccn[nH]1)N1CCN(c2nc3c4ccc(F)cc4c4c(=O)[nH]ccc4c3s2)CC1. The van der Waals surface area contributed by atoms with Gasteiger partial charge in [0.25, 0.3) is 11.5 Å². The fourth-order valence-corrected chi connectivity index (χ4v) is 5.48. The molecular formula is C22H17FN6O2S. The summed E-state index contributed by atoms with van der Waals surface area (Å²) in [6, 6.07) is 7.98. The van der Waals surface area contributed by atoms with E-state index in [-0.39, 0.29) is 11.5 Å². The van der Waals surface area contributed by atoms with Crippen LogP contribution in [-0.2, 0) is 0 Å². The van der Waals surface area contributed by atoms with Crippen LogP contribution < -0.4 is 10.5 Å². The summed E-state index contributed by atoms with van der Waals surface area (Å²) in [5, 5.41) is 9.93. The van der Waals surface area contributed by atoms with Crippen molar-refractivity contribution in [1.29, 1.82) is 0 Å². The summed E-state index contributed by atoms with van der Waals surface area (Å²) in [4.78, 5) is 36.7. The Morgan fingerprint density at radius 2 is 1.91 bits per heavy atom. The van der Waals surface area contributed by atoms with E-state index in [2.05, 4.69) is 20.1 Å². The molecule has 3 aromatic heterocycles. The summed E-state index contributed by atoms with van der Waals surface area (Å²) in [7, 11) is 0. The van der Waals surface area contributed by atoms with Gasteiger partial charge in [0.15, 0.2) is 5.13 Å². The first-order valence-corrected chi connectivity index (χ1v) is 11.0. The summed E-state index contributed by atoms with van der Waals surface area (Å²) >= 11 is 1.52. The summed E-state index contributed by atoms with van der Waals surface area (Å²) < 4.78 is 14.9. The topological polar surface area (TPSA) is 98.0 Å². The molecular weight excluding hydrogens is 431 g/mol. The molecule has 6 rings (SSSR count). The first-order valence-electron chi connectivity index (χ1n) is 10.2. The number of piperazine rings is 1. The highest BCUT2D eigenvalue weighted by molar-refractivity contribution is 7.23. The van der Waals surface area contributed by atoms with Crippen LogP contribution in [0.3, 0.4) is 0 Å². The Morgan fingerprint density at radius 3 is 2.69 bits per heavy atom. The highest BCUT2D eigenvalue weighted by atomic mass is 32.1. The lowest BCUT2D eigenvalue weighted by Crippen LogP contribution is -2.48. The Bertz CT molecular complexity index is 1550. The number of thiazole rings is 1. The van der Waals surface area contributed by atoms with Crippen LogP contribution in [0.25, 0.3) is 31.8 Å². The minimum Gasteiger partial charge on any atom is -0.345 e. The largest absolute Gasteiger partial charge is 0.345 e. The molecule has 0 spiro atoms. The van der Waals surface area contributed by atoms with E-state index in [1.807, 2.05) is 6.07 Å². The number of nitrogens with zero attached hydrogens (tertiary/aromatic N) is 4. The van der Waals surface area contributed by atoms with Gasteiger partial charge in [-0.3, -0.25) is 14.7 Å². The van der Waals surface area contributed by atoms with Gasteiger partial charge in [-0.1, -0.05) is 11.3 Å². The number of nitrogens with one attached hydrogen (secondary N) is 2. The minimum absolute atomic E-state index is 0.0651. The second-order valence-electron chi connectivity index (χ2n) is 7.71. The van der Waals surface area contributed by atoms with Gasteiger partial charge in [-0.15, -0.1) is 0 Å². The van der Waals surface area contributed by atoms with Crippen molar-refractivity contribution in [3.63, 3.8) is 0 Å². The molecule has 8 nitrogen and oxygen atoms in total. The molecule has 0 aliphatic carbocycles. The number of aromatic nitrogens is 4. The Balaban J connectivity index is 1.41. The van der Waals surface area contributed by atoms with Gasteiger partial charge in [-0.05, 0) is 30.3 Å². The fraction of sp³-hybridized carbons (Fsp3) is 0.182. The molecule has 1 fully saturated rings. The average molecular weight is 448 g/mol. The van der Waals surface area contributed by atoms with Gasteiger partial charge in [0.05, 0.1) is 15.6 Å². The van der Waals surface area contributed by atoms with E-state index in [1.165, 1.54) is 23.5 Å². The van der Waals surface area contributed by atoms with Crippen LogP contribution in [0.15, 0.2) is 47.5 Å². The number of halogens is 1. The van der Waals surface area contributed by atoms with E-state index >= 15 is 0 Å². The number of pyridine rings is 1. The van der Waals surface area contributed by atoms with Gasteiger partial charge in [-0.2, -0.15) is 5.10 Å². The Hall–Kier alpha value is -3.79. The lowest BCUT2D eigenvalue weighted by atomic mass is 10.0. The third-order valence-corrected chi connectivity index (χ3v) is 7.05. The van der Waals surface area contributed by atoms with E-state index in [0.717, 1.165) is 26.1 Å². The van der Waals surface area contributed by atoms with Crippen molar-refractivity contribution in [2.45, 2.75) is 0 Å². The highest BCUT2D eigenvalue weighted by Crippen LogP contribution is 2.39. The summed E-state index contributed by atoms with van der Waals surface area (Å²) in [5.74, 6) is -0.459. The van der Waals surface area contributed by atoms with Crippen LogP contribution in [0.1, 0.15) is 10.5 Å². The average Bonchev–Trinajstić information content (AvgIpc) is 3.49. The zero-order valence-electron chi connectivity index (χ0n) is 16.8. The van der Waals surface area contributed by atoms with Crippen LogP contribution in [0.2, 0.25) is 0 Å². The maximum Gasteiger partial charge on any atom is 0.271 e. The summed E-state index contributed by atoms with van der Waals surface area (Å²) in [5.41, 5.74) is 0.990. The third-order valence-electron chi connectivity index (χ3n) is 5.90. The number of aromatic amines is 2. The van der Waals surface area contributed by atoms with Crippen LogP contribution in [0, 0.1) is 5.82 Å². The van der Waals surface area contributed by atoms with Crippen LogP contribution in [0.5, 0.6) is 0 Å². The van der Waals surface area contributed by atoms with E-state index in [4.69, 9.17) is 4.98 Å². The Kier molecular flexibility index (Phi) is 4.22. The molecule has 10 heteroatoms. The van der Waals surface area contributed by atoms with Gasteiger partial charge in [0.1, 0.15) is 11.5 Å². The molecule has 4 heterocycles.